The van der Waals surface area contributed by atoms with Crippen LogP contribution in [-0.4, -0.2) is 27.3 Å². The lowest BCUT2D eigenvalue weighted by atomic mass is 9.91. The molecule has 0 bridgehead atoms. The number of carbonyl (C=O) groups excluding carboxylic acids is 1. The summed E-state index contributed by atoms with van der Waals surface area (Å²) in [5, 5.41) is 1.43. The number of nitrogens with one attached hydrogen (secondary N) is 1. The fourth-order valence-corrected chi connectivity index (χ4v) is 4.79. The molecule has 1 unspecified atom stereocenters. The second-order valence-corrected chi connectivity index (χ2v) is 8.21. The number of rotatable bonds is 4. The van der Waals surface area contributed by atoms with Crippen LogP contribution in [0.1, 0.15) is 34.8 Å². The highest BCUT2D eigenvalue weighted by Gasteiger charge is 2.36. The number of benzene rings is 2. The van der Waals surface area contributed by atoms with Crippen LogP contribution in [0, 0.1) is 5.82 Å². The summed E-state index contributed by atoms with van der Waals surface area (Å²) in [6.45, 7) is 0.510. The number of fused-ring (bicyclic) bond motifs is 3. The van der Waals surface area contributed by atoms with Crippen molar-refractivity contribution in [1.82, 2.24) is 14.9 Å². The smallest absolute Gasteiger partial charge is 0.223 e. The van der Waals surface area contributed by atoms with E-state index in [0.29, 0.717) is 36.4 Å². The van der Waals surface area contributed by atoms with Gasteiger partial charge in [-0.1, -0.05) is 41.9 Å². The number of halogens is 2. The molecule has 0 fully saturated rings. The van der Waals surface area contributed by atoms with E-state index in [4.69, 9.17) is 11.6 Å². The van der Waals surface area contributed by atoms with E-state index >= 15 is 4.39 Å². The van der Waals surface area contributed by atoms with Crippen LogP contribution >= 0.6 is 11.6 Å². The molecule has 0 saturated heterocycles. The molecule has 4 aromatic rings. The Morgan fingerprint density at radius 3 is 2.84 bits per heavy atom. The van der Waals surface area contributed by atoms with Gasteiger partial charge in [0, 0.05) is 52.5 Å². The van der Waals surface area contributed by atoms with Crippen molar-refractivity contribution in [3.05, 3.63) is 100 Å². The van der Waals surface area contributed by atoms with Gasteiger partial charge in [-0.25, -0.2) is 4.39 Å². The number of nitrogens with zero attached hydrogens (tertiary/aromatic N) is 2. The maximum atomic E-state index is 15.0. The minimum atomic E-state index is -0.591. The quantitative estimate of drug-likeness (QED) is 0.464. The van der Waals surface area contributed by atoms with Crippen molar-refractivity contribution < 1.29 is 9.18 Å². The molecule has 0 spiro atoms. The Bertz CT molecular complexity index is 1230. The maximum Gasteiger partial charge on any atom is 0.223 e. The first-order chi connectivity index (χ1) is 15.1. The number of aromatic nitrogens is 2. The third kappa shape index (κ3) is 3.59. The van der Waals surface area contributed by atoms with Gasteiger partial charge in [-0.3, -0.25) is 9.78 Å². The zero-order valence-corrected chi connectivity index (χ0v) is 17.6. The van der Waals surface area contributed by atoms with Gasteiger partial charge in [0.2, 0.25) is 5.91 Å². The van der Waals surface area contributed by atoms with Crippen LogP contribution in [0.15, 0.2) is 67.0 Å². The van der Waals surface area contributed by atoms with E-state index in [0.717, 1.165) is 27.7 Å². The number of H-pyrrole nitrogens is 1. The molecule has 4 nitrogen and oxygen atoms in total. The lowest BCUT2D eigenvalue weighted by Crippen LogP contribution is -2.41. The molecular formula is C25H21ClFN3O. The molecule has 0 radical (unpaired) electrons. The number of hydrogen-bond acceptors (Lipinski definition) is 2. The first-order valence-corrected chi connectivity index (χ1v) is 10.7. The van der Waals surface area contributed by atoms with Gasteiger partial charge in [-0.05, 0) is 48.2 Å². The van der Waals surface area contributed by atoms with Crippen LogP contribution in [-0.2, 0) is 17.6 Å². The zero-order chi connectivity index (χ0) is 21.4. The topological polar surface area (TPSA) is 49.0 Å². The summed E-state index contributed by atoms with van der Waals surface area (Å²) in [5.74, 6) is -0.438. The SMILES string of the molecule is O=C(CCc1cccnc1)N1CCc2c([nH]c3ccccc23)C1c1c(F)cccc1Cl. The molecule has 2 aromatic heterocycles. The zero-order valence-electron chi connectivity index (χ0n) is 16.8. The molecule has 5 rings (SSSR count). The monoisotopic (exact) mass is 433 g/mol. The number of amides is 1. The molecule has 1 aliphatic heterocycles. The molecule has 0 aliphatic carbocycles. The lowest BCUT2D eigenvalue weighted by Gasteiger charge is -2.37. The van der Waals surface area contributed by atoms with E-state index in [-0.39, 0.29) is 5.91 Å². The van der Waals surface area contributed by atoms with Crippen molar-refractivity contribution >= 4 is 28.4 Å². The summed E-state index contributed by atoms with van der Waals surface area (Å²) in [6.07, 6.45) is 5.10. The van der Waals surface area contributed by atoms with Crippen molar-refractivity contribution in [2.75, 3.05) is 6.54 Å². The molecular weight excluding hydrogens is 413 g/mol. The first-order valence-electron chi connectivity index (χ1n) is 10.3. The maximum absolute atomic E-state index is 15.0. The Morgan fingerprint density at radius 1 is 1.16 bits per heavy atom. The highest BCUT2D eigenvalue weighted by atomic mass is 35.5. The molecule has 31 heavy (non-hydrogen) atoms. The average molecular weight is 434 g/mol. The van der Waals surface area contributed by atoms with E-state index in [9.17, 15) is 4.79 Å². The minimum absolute atomic E-state index is 0.0301. The third-order valence-corrected chi connectivity index (χ3v) is 6.31. The van der Waals surface area contributed by atoms with Crippen molar-refractivity contribution in [1.29, 1.82) is 0 Å². The van der Waals surface area contributed by atoms with Crippen molar-refractivity contribution in [2.24, 2.45) is 0 Å². The Labute approximate surface area is 184 Å². The number of pyridine rings is 1. The van der Waals surface area contributed by atoms with Crippen LogP contribution in [0.4, 0.5) is 4.39 Å². The predicted octanol–water partition coefficient (Wildman–Crippen LogP) is 5.46. The van der Waals surface area contributed by atoms with Crippen LogP contribution in [0.25, 0.3) is 10.9 Å². The number of para-hydroxylation sites is 1. The second kappa shape index (κ2) is 8.16. The first kappa shape index (κ1) is 19.8. The average Bonchev–Trinajstić information content (AvgIpc) is 3.17. The Hall–Kier alpha value is -3.18. The molecule has 156 valence electrons. The second-order valence-electron chi connectivity index (χ2n) is 7.80. The molecule has 6 heteroatoms. The van der Waals surface area contributed by atoms with Crippen molar-refractivity contribution in [3.63, 3.8) is 0 Å². The molecule has 0 saturated carbocycles. The summed E-state index contributed by atoms with van der Waals surface area (Å²) in [4.78, 5) is 22.7. The van der Waals surface area contributed by atoms with E-state index in [1.54, 1.807) is 29.4 Å². The largest absolute Gasteiger partial charge is 0.356 e. The standard InChI is InChI=1S/C25H21ClFN3O/c26-19-7-3-8-20(27)23(19)25-24-18(17-6-1-2-9-21(17)29-24)12-14-30(25)22(31)11-10-16-5-4-13-28-15-16/h1-9,13,15,25,29H,10-12,14H2. The summed E-state index contributed by atoms with van der Waals surface area (Å²) >= 11 is 6.47. The van der Waals surface area contributed by atoms with Gasteiger partial charge in [-0.2, -0.15) is 0 Å². The predicted molar refractivity (Wildman–Crippen MR) is 120 cm³/mol. The van der Waals surface area contributed by atoms with E-state index in [1.807, 2.05) is 30.3 Å². The summed E-state index contributed by atoms with van der Waals surface area (Å²) in [5.41, 5.74) is 4.28. The highest BCUT2D eigenvalue weighted by molar-refractivity contribution is 6.31. The van der Waals surface area contributed by atoms with E-state index in [1.165, 1.54) is 6.07 Å². The molecule has 1 amide bonds. The van der Waals surface area contributed by atoms with E-state index < -0.39 is 11.9 Å². The molecule has 1 N–H and O–H groups in total. The number of carbonyl (C=O) groups is 1. The summed E-state index contributed by atoms with van der Waals surface area (Å²) in [7, 11) is 0. The van der Waals surface area contributed by atoms with Gasteiger partial charge in [-0.15, -0.1) is 0 Å². The number of aryl methyl sites for hydroxylation is 1. The molecule has 2 aromatic carbocycles. The van der Waals surface area contributed by atoms with Crippen LogP contribution in [0.3, 0.4) is 0 Å². The molecule has 3 heterocycles. The van der Waals surface area contributed by atoms with Gasteiger partial charge >= 0.3 is 0 Å². The van der Waals surface area contributed by atoms with Gasteiger partial charge in [0.15, 0.2) is 0 Å². The molecule has 1 atom stereocenters. The van der Waals surface area contributed by atoms with Crippen molar-refractivity contribution in [2.45, 2.75) is 25.3 Å². The van der Waals surface area contributed by atoms with Gasteiger partial charge in [0.25, 0.3) is 0 Å². The third-order valence-electron chi connectivity index (χ3n) is 5.98. The van der Waals surface area contributed by atoms with Gasteiger partial charge in [0.1, 0.15) is 11.9 Å². The summed E-state index contributed by atoms with van der Waals surface area (Å²) in [6, 6.07) is 15.9. The Morgan fingerprint density at radius 2 is 2.03 bits per heavy atom. The Balaban J connectivity index is 1.57. The van der Waals surface area contributed by atoms with Crippen LogP contribution in [0.5, 0.6) is 0 Å². The number of hydrogen-bond donors (Lipinski definition) is 1. The van der Waals surface area contributed by atoms with Crippen LogP contribution in [0.2, 0.25) is 5.02 Å². The van der Waals surface area contributed by atoms with Gasteiger partial charge < -0.3 is 9.88 Å². The fraction of sp³-hybridized carbons (Fsp3) is 0.200. The Kier molecular flexibility index (Phi) is 5.20. The molecule has 1 aliphatic rings. The summed E-state index contributed by atoms with van der Waals surface area (Å²) < 4.78 is 15.0. The minimum Gasteiger partial charge on any atom is -0.356 e. The van der Waals surface area contributed by atoms with Crippen molar-refractivity contribution in [3.8, 4) is 0 Å². The highest BCUT2D eigenvalue weighted by Crippen LogP contribution is 2.41. The van der Waals surface area contributed by atoms with Crippen LogP contribution < -0.4 is 0 Å². The number of aromatic amines is 1. The van der Waals surface area contributed by atoms with E-state index in [2.05, 4.69) is 16.0 Å². The normalized spacial score (nSPS) is 15.8. The fourth-order valence-electron chi connectivity index (χ4n) is 4.52. The lowest BCUT2D eigenvalue weighted by molar-refractivity contribution is -0.133. The van der Waals surface area contributed by atoms with Gasteiger partial charge in [0.05, 0.1) is 0 Å².